The molecule has 3 aromatic rings. The number of piperazine rings is 1. The van der Waals surface area contributed by atoms with Crippen LogP contribution in [0, 0.1) is 5.82 Å². The fourth-order valence-electron chi connectivity index (χ4n) is 4.04. The molecule has 6 nitrogen and oxygen atoms in total. The van der Waals surface area contributed by atoms with Crippen molar-refractivity contribution in [1.29, 1.82) is 0 Å². The summed E-state index contributed by atoms with van der Waals surface area (Å²) < 4.78 is 18.5. The van der Waals surface area contributed by atoms with E-state index >= 15 is 0 Å². The zero-order chi connectivity index (χ0) is 24.1. The standard InChI is InChI=1S/C26H28FN3O3S/c1-3-20-16-22(25(32)21-6-4-5-7-23(21)33-2)26(34-20)28-24(31)17-29-12-14-30(15-13-29)19-10-8-18(27)9-11-19/h4-11,16H,3,12-15,17H2,1-2H3,(H,28,31). The average Bonchev–Trinajstić information content (AvgIpc) is 3.27. The van der Waals surface area contributed by atoms with Crippen molar-refractivity contribution < 1.29 is 18.7 Å². The number of rotatable bonds is 8. The normalized spacial score (nSPS) is 14.1. The summed E-state index contributed by atoms with van der Waals surface area (Å²) in [4.78, 5) is 31.4. The van der Waals surface area contributed by atoms with Crippen LogP contribution in [-0.4, -0.2) is 56.4 Å². The van der Waals surface area contributed by atoms with E-state index in [1.165, 1.54) is 30.6 Å². The lowest BCUT2D eigenvalue weighted by Gasteiger charge is -2.35. The van der Waals surface area contributed by atoms with Gasteiger partial charge in [0.2, 0.25) is 5.91 Å². The maximum absolute atomic E-state index is 13.3. The Morgan fingerprint density at radius 2 is 1.74 bits per heavy atom. The summed E-state index contributed by atoms with van der Waals surface area (Å²) in [7, 11) is 1.54. The molecule has 1 aliphatic rings. The number of ketones is 1. The molecule has 0 saturated carbocycles. The van der Waals surface area contributed by atoms with Crippen LogP contribution in [0.15, 0.2) is 54.6 Å². The Morgan fingerprint density at radius 3 is 2.41 bits per heavy atom. The van der Waals surface area contributed by atoms with Crippen molar-refractivity contribution >= 4 is 33.7 Å². The van der Waals surface area contributed by atoms with Gasteiger partial charge in [-0.1, -0.05) is 19.1 Å². The number of halogens is 1. The van der Waals surface area contributed by atoms with Gasteiger partial charge in [0.25, 0.3) is 0 Å². The predicted octanol–water partition coefficient (Wildman–Crippen LogP) is 4.45. The van der Waals surface area contributed by atoms with E-state index in [9.17, 15) is 14.0 Å². The molecule has 1 aromatic heterocycles. The molecule has 2 heterocycles. The molecule has 4 rings (SSSR count). The minimum atomic E-state index is -0.248. The van der Waals surface area contributed by atoms with Crippen LogP contribution in [0.5, 0.6) is 5.75 Å². The van der Waals surface area contributed by atoms with Gasteiger partial charge in [-0.05, 0) is 48.9 Å². The highest BCUT2D eigenvalue weighted by Crippen LogP contribution is 2.32. The molecule has 0 atom stereocenters. The largest absolute Gasteiger partial charge is 0.496 e. The summed E-state index contributed by atoms with van der Waals surface area (Å²) in [6.07, 6.45) is 0.776. The number of hydrogen-bond donors (Lipinski definition) is 1. The van der Waals surface area contributed by atoms with E-state index in [0.29, 0.717) is 21.9 Å². The molecule has 34 heavy (non-hydrogen) atoms. The second kappa shape index (κ2) is 10.8. The number of methoxy groups -OCH3 is 1. The number of nitrogens with one attached hydrogen (secondary N) is 1. The topological polar surface area (TPSA) is 61.9 Å². The summed E-state index contributed by atoms with van der Waals surface area (Å²) >= 11 is 1.43. The van der Waals surface area contributed by atoms with Gasteiger partial charge in [-0.2, -0.15) is 0 Å². The Labute approximate surface area is 203 Å². The second-order valence-electron chi connectivity index (χ2n) is 8.13. The third-order valence-corrected chi connectivity index (χ3v) is 7.11. The van der Waals surface area contributed by atoms with E-state index in [4.69, 9.17) is 4.74 Å². The molecule has 0 bridgehead atoms. The van der Waals surface area contributed by atoms with Crippen molar-refractivity contribution in [2.45, 2.75) is 13.3 Å². The molecular weight excluding hydrogens is 453 g/mol. The quantitative estimate of drug-likeness (QED) is 0.482. The number of hydrogen-bond acceptors (Lipinski definition) is 6. The number of ether oxygens (including phenoxy) is 1. The number of para-hydroxylation sites is 1. The van der Waals surface area contributed by atoms with Crippen molar-refractivity contribution in [1.82, 2.24) is 4.90 Å². The summed E-state index contributed by atoms with van der Waals surface area (Å²) in [6.45, 7) is 5.24. The first kappa shape index (κ1) is 23.9. The van der Waals surface area contributed by atoms with Gasteiger partial charge in [0.05, 0.1) is 24.8 Å². The summed E-state index contributed by atoms with van der Waals surface area (Å²) in [5.41, 5.74) is 1.94. The highest BCUT2D eigenvalue weighted by molar-refractivity contribution is 7.16. The van der Waals surface area contributed by atoms with Gasteiger partial charge in [0, 0.05) is 36.7 Å². The SMILES string of the molecule is CCc1cc(C(=O)c2ccccc2OC)c(NC(=O)CN2CCN(c3ccc(F)cc3)CC2)s1. The van der Waals surface area contributed by atoms with Gasteiger partial charge >= 0.3 is 0 Å². The van der Waals surface area contributed by atoms with Crippen LogP contribution in [0.2, 0.25) is 0 Å². The molecule has 0 radical (unpaired) electrons. The van der Waals surface area contributed by atoms with Crippen molar-refractivity contribution in [2.75, 3.05) is 50.1 Å². The van der Waals surface area contributed by atoms with Crippen molar-refractivity contribution in [2.24, 2.45) is 0 Å². The second-order valence-corrected chi connectivity index (χ2v) is 9.26. The Balaban J connectivity index is 1.40. The van der Waals surface area contributed by atoms with E-state index in [-0.39, 0.29) is 24.1 Å². The van der Waals surface area contributed by atoms with Crippen LogP contribution in [0.1, 0.15) is 27.7 Å². The fourth-order valence-corrected chi connectivity index (χ4v) is 5.05. The number of anilines is 2. The van der Waals surface area contributed by atoms with E-state index in [0.717, 1.165) is 43.2 Å². The third kappa shape index (κ3) is 5.46. The summed E-state index contributed by atoms with van der Waals surface area (Å²) in [5, 5.41) is 3.54. The Morgan fingerprint density at radius 1 is 1.03 bits per heavy atom. The Bertz CT molecular complexity index is 1150. The first-order valence-electron chi connectivity index (χ1n) is 11.3. The number of thiophene rings is 1. The van der Waals surface area contributed by atoms with Gasteiger partial charge in [-0.3, -0.25) is 14.5 Å². The van der Waals surface area contributed by atoms with Crippen molar-refractivity contribution in [3.63, 3.8) is 0 Å². The van der Waals surface area contributed by atoms with Crippen molar-refractivity contribution in [3.8, 4) is 5.75 Å². The molecular formula is C26H28FN3O3S. The fraction of sp³-hybridized carbons (Fsp3) is 0.308. The smallest absolute Gasteiger partial charge is 0.239 e. The highest BCUT2D eigenvalue weighted by Gasteiger charge is 2.23. The first-order chi connectivity index (χ1) is 16.5. The molecule has 1 aliphatic heterocycles. The first-order valence-corrected chi connectivity index (χ1v) is 12.1. The third-order valence-electron chi connectivity index (χ3n) is 5.91. The molecule has 2 aromatic carbocycles. The van der Waals surface area contributed by atoms with Gasteiger partial charge in [-0.25, -0.2) is 4.39 Å². The van der Waals surface area contributed by atoms with Crippen LogP contribution in [0.25, 0.3) is 0 Å². The van der Waals surface area contributed by atoms with Crippen LogP contribution in [-0.2, 0) is 11.2 Å². The molecule has 0 unspecified atom stereocenters. The maximum Gasteiger partial charge on any atom is 0.239 e. The van der Waals surface area contributed by atoms with E-state index in [1.54, 1.807) is 30.3 Å². The molecule has 0 aliphatic carbocycles. The molecule has 1 fully saturated rings. The average molecular weight is 482 g/mol. The monoisotopic (exact) mass is 481 g/mol. The van der Waals surface area contributed by atoms with Gasteiger partial charge < -0.3 is 15.0 Å². The lowest BCUT2D eigenvalue weighted by molar-refractivity contribution is -0.117. The van der Waals surface area contributed by atoms with E-state index in [2.05, 4.69) is 15.1 Å². The van der Waals surface area contributed by atoms with Gasteiger partial charge in [0.15, 0.2) is 5.78 Å². The van der Waals surface area contributed by atoms with Crippen LogP contribution >= 0.6 is 11.3 Å². The number of benzene rings is 2. The molecule has 1 N–H and O–H groups in total. The zero-order valence-electron chi connectivity index (χ0n) is 19.3. The molecule has 178 valence electrons. The molecule has 0 spiro atoms. The van der Waals surface area contributed by atoms with E-state index in [1.807, 2.05) is 19.1 Å². The maximum atomic E-state index is 13.3. The van der Waals surface area contributed by atoms with Gasteiger partial charge in [0.1, 0.15) is 16.6 Å². The predicted molar refractivity (Wildman–Crippen MR) is 134 cm³/mol. The highest BCUT2D eigenvalue weighted by atomic mass is 32.1. The van der Waals surface area contributed by atoms with Crippen LogP contribution < -0.4 is 15.0 Å². The minimum Gasteiger partial charge on any atom is -0.496 e. The zero-order valence-corrected chi connectivity index (χ0v) is 20.2. The van der Waals surface area contributed by atoms with Crippen LogP contribution in [0.4, 0.5) is 15.1 Å². The number of carbonyl (C=O) groups is 2. The Kier molecular flexibility index (Phi) is 7.59. The lowest BCUT2D eigenvalue weighted by atomic mass is 10.0. The minimum absolute atomic E-state index is 0.145. The summed E-state index contributed by atoms with van der Waals surface area (Å²) in [6, 6.07) is 15.4. The molecule has 1 amide bonds. The number of amides is 1. The molecule has 8 heteroatoms. The lowest BCUT2D eigenvalue weighted by Crippen LogP contribution is -2.48. The number of nitrogens with zero attached hydrogens (tertiary/aromatic N) is 2. The summed E-state index contributed by atoms with van der Waals surface area (Å²) in [5.74, 6) is -0.0547. The number of aryl methyl sites for hydroxylation is 1. The Hall–Kier alpha value is -3.23. The van der Waals surface area contributed by atoms with Crippen molar-refractivity contribution in [3.05, 3.63) is 76.4 Å². The van der Waals surface area contributed by atoms with E-state index < -0.39 is 0 Å². The molecule has 1 saturated heterocycles. The number of carbonyl (C=O) groups excluding carboxylic acids is 2. The van der Waals surface area contributed by atoms with Gasteiger partial charge in [-0.15, -0.1) is 11.3 Å². The van der Waals surface area contributed by atoms with Crippen LogP contribution in [0.3, 0.4) is 0 Å².